The second kappa shape index (κ2) is 3.40. The molecule has 0 bridgehead atoms. The van der Waals surface area contributed by atoms with Crippen molar-refractivity contribution in [3.05, 3.63) is 0 Å². The van der Waals surface area contributed by atoms with Gasteiger partial charge < -0.3 is 0 Å². The summed E-state index contributed by atoms with van der Waals surface area (Å²) >= 11 is 0. The molecule has 2 aliphatic rings. The van der Waals surface area contributed by atoms with Crippen molar-refractivity contribution < 1.29 is 0 Å². The van der Waals surface area contributed by atoms with Gasteiger partial charge in [0.25, 0.3) is 0 Å². The summed E-state index contributed by atoms with van der Waals surface area (Å²) in [6, 6.07) is 0. The average molecular weight is 166 g/mol. The summed E-state index contributed by atoms with van der Waals surface area (Å²) in [5.74, 6) is 4.37. The van der Waals surface area contributed by atoms with Crippen molar-refractivity contribution in [1.29, 1.82) is 0 Å². The molecule has 0 nitrogen and oxygen atoms in total. The molecule has 0 aromatic carbocycles. The first-order chi connectivity index (χ1) is 5.77. The maximum Gasteiger partial charge on any atom is -0.0354 e. The van der Waals surface area contributed by atoms with Gasteiger partial charge in [-0.25, -0.2) is 0 Å². The SMILES string of the molecule is CC(C)CC1CC1C1CCCC1. The first-order valence-electron chi connectivity index (χ1n) is 5.77. The zero-order valence-electron chi connectivity index (χ0n) is 8.55. The van der Waals surface area contributed by atoms with Crippen molar-refractivity contribution in [3.63, 3.8) is 0 Å². The lowest BCUT2D eigenvalue weighted by atomic mass is 9.97. The monoisotopic (exact) mass is 166 g/mol. The van der Waals surface area contributed by atoms with Gasteiger partial charge in [-0.3, -0.25) is 0 Å². The van der Waals surface area contributed by atoms with E-state index >= 15 is 0 Å². The topological polar surface area (TPSA) is 0 Å². The van der Waals surface area contributed by atoms with E-state index in [1.807, 2.05) is 0 Å². The van der Waals surface area contributed by atoms with Crippen molar-refractivity contribution in [2.24, 2.45) is 23.7 Å². The summed E-state index contributed by atoms with van der Waals surface area (Å²) in [4.78, 5) is 0. The van der Waals surface area contributed by atoms with Gasteiger partial charge in [0.15, 0.2) is 0 Å². The fraction of sp³-hybridized carbons (Fsp3) is 1.00. The molecule has 70 valence electrons. The largest absolute Gasteiger partial charge is 0.0628 e. The van der Waals surface area contributed by atoms with Crippen LogP contribution >= 0.6 is 0 Å². The first kappa shape index (κ1) is 8.59. The molecule has 0 radical (unpaired) electrons. The van der Waals surface area contributed by atoms with Crippen LogP contribution in [-0.4, -0.2) is 0 Å². The van der Waals surface area contributed by atoms with Crippen molar-refractivity contribution in [2.75, 3.05) is 0 Å². The average Bonchev–Trinajstić information content (AvgIpc) is 2.59. The van der Waals surface area contributed by atoms with E-state index in [9.17, 15) is 0 Å². The van der Waals surface area contributed by atoms with Crippen molar-refractivity contribution in [1.82, 2.24) is 0 Å². The molecule has 2 fully saturated rings. The molecule has 0 spiro atoms. The van der Waals surface area contributed by atoms with Gasteiger partial charge >= 0.3 is 0 Å². The van der Waals surface area contributed by atoms with E-state index in [4.69, 9.17) is 0 Å². The third kappa shape index (κ3) is 1.84. The Morgan fingerprint density at radius 1 is 1.17 bits per heavy atom. The predicted molar refractivity (Wildman–Crippen MR) is 53.0 cm³/mol. The number of rotatable bonds is 3. The molecule has 0 aromatic heterocycles. The highest BCUT2D eigenvalue weighted by Crippen LogP contribution is 2.52. The molecular weight excluding hydrogens is 144 g/mol. The summed E-state index contributed by atoms with van der Waals surface area (Å²) in [6.45, 7) is 4.73. The van der Waals surface area contributed by atoms with Crippen LogP contribution in [0.25, 0.3) is 0 Å². The standard InChI is InChI=1S/C12H22/c1-9(2)7-11-8-12(11)10-5-3-4-6-10/h9-12H,3-8H2,1-2H3. The molecule has 0 aromatic rings. The van der Waals surface area contributed by atoms with E-state index in [0.717, 1.165) is 23.7 Å². The molecule has 0 heterocycles. The van der Waals surface area contributed by atoms with Crippen LogP contribution < -0.4 is 0 Å². The second-order valence-corrected chi connectivity index (χ2v) is 5.33. The molecule has 2 saturated carbocycles. The van der Waals surface area contributed by atoms with Crippen LogP contribution in [0, 0.1) is 23.7 Å². The van der Waals surface area contributed by atoms with Gasteiger partial charge in [0.1, 0.15) is 0 Å². The van der Waals surface area contributed by atoms with Crippen LogP contribution in [0.3, 0.4) is 0 Å². The summed E-state index contributed by atoms with van der Waals surface area (Å²) in [5.41, 5.74) is 0. The number of hydrogen-bond acceptors (Lipinski definition) is 0. The summed E-state index contributed by atoms with van der Waals surface area (Å²) in [7, 11) is 0. The van der Waals surface area contributed by atoms with E-state index in [0.29, 0.717) is 0 Å². The molecule has 12 heavy (non-hydrogen) atoms. The maximum absolute atomic E-state index is 2.37. The Morgan fingerprint density at radius 2 is 1.83 bits per heavy atom. The van der Waals surface area contributed by atoms with Crippen LogP contribution in [0.5, 0.6) is 0 Å². The molecule has 0 heteroatoms. The predicted octanol–water partition coefficient (Wildman–Crippen LogP) is 3.86. The summed E-state index contributed by atoms with van der Waals surface area (Å²) in [6.07, 6.45) is 9.23. The third-order valence-electron chi connectivity index (χ3n) is 3.76. The summed E-state index contributed by atoms with van der Waals surface area (Å²) in [5, 5.41) is 0. The van der Waals surface area contributed by atoms with Gasteiger partial charge in [-0.2, -0.15) is 0 Å². The molecule has 0 saturated heterocycles. The lowest BCUT2D eigenvalue weighted by Gasteiger charge is -2.08. The fourth-order valence-electron chi connectivity index (χ4n) is 3.11. The van der Waals surface area contributed by atoms with Gasteiger partial charge in [0, 0.05) is 0 Å². The highest BCUT2D eigenvalue weighted by Gasteiger charge is 2.42. The Kier molecular flexibility index (Phi) is 2.43. The van der Waals surface area contributed by atoms with E-state index < -0.39 is 0 Å². The highest BCUT2D eigenvalue weighted by molar-refractivity contribution is 4.93. The van der Waals surface area contributed by atoms with Crippen molar-refractivity contribution >= 4 is 0 Å². The molecule has 0 aliphatic heterocycles. The molecule has 2 rings (SSSR count). The summed E-state index contributed by atoms with van der Waals surface area (Å²) < 4.78 is 0. The van der Waals surface area contributed by atoms with E-state index in [2.05, 4.69) is 13.8 Å². The fourth-order valence-corrected chi connectivity index (χ4v) is 3.11. The maximum atomic E-state index is 2.37. The van der Waals surface area contributed by atoms with Crippen molar-refractivity contribution in [3.8, 4) is 0 Å². The Labute approximate surface area is 76.7 Å². The molecule has 2 atom stereocenters. The Bertz CT molecular complexity index is 142. The number of hydrogen-bond donors (Lipinski definition) is 0. The minimum atomic E-state index is 0.932. The molecule has 0 amide bonds. The normalized spacial score (nSPS) is 36.2. The van der Waals surface area contributed by atoms with E-state index in [1.54, 1.807) is 19.3 Å². The van der Waals surface area contributed by atoms with Gasteiger partial charge in [0.05, 0.1) is 0 Å². The van der Waals surface area contributed by atoms with Gasteiger partial charge in [-0.05, 0) is 36.5 Å². The smallest absolute Gasteiger partial charge is 0.0354 e. The van der Waals surface area contributed by atoms with Gasteiger partial charge in [0.2, 0.25) is 0 Å². The zero-order valence-corrected chi connectivity index (χ0v) is 8.55. The van der Waals surface area contributed by atoms with Crippen molar-refractivity contribution in [2.45, 2.75) is 52.4 Å². The lowest BCUT2D eigenvalue weighted by Crippen LogP contribution is -1.99. The lowest BCUT2D eigenvalue weighted by molar-refractivity contribution is 0.416. The van der Waals surface area contributed by atoms with Crippen LogP contribution in [0.4, 0.5) is 0 Å². The Hall–Kier alpha value is 0. The molecule has 2 aliphatic carbocycles. The van der Waals surface area contributed by atoms with Gasteiger partial charge in [-0.15, -0.1) is 0 Å². The van der Waals surface area contributed by atoms with E-state index in [-0.39, 0.29) is 0 Å². The first-order valence-corrected chi connectivity index (χ1v) is 5.77. The van der Waals surface area contributed by atoms with E-state index in [1.165, 1.54) is 19.3 Å². The highest BCUT2D eigenvalue weighted by atomic mass is 14.5. The van der Waals surface area contributed by atoms with Crippen LogP contribution in [-0.2, 0) is 0 Å². The molecule has 0 N–H and O–H groups in total. The second-order valence-electron chi connectivity index (χ2n) is 5.33. The quantitative estimate of drug-likeness (QED) is 0.597. The van der Waals surface area contributed by atoms with Crippen LogP contribution in [0.15, 0.2) is 0 Å². The minimum Gasteiger partial charge on any atom is -0.0628 e. The Morgan fingerprint density at radius 3 is 2.42 bits per heavy atom. The molecular formula is C12H22. The Balaban J connectivity index is 1.72. The molecule has 2 unspecified atom stereocenters. The van der Waals surface area contributed by atoms with Crippen LogP contribution in [0.2, 0.25) is 0 Å². The van der Waals surface area contributed by atoms with Crippen LogP contribution in [0.1, 0.15) is 52.4 Å². The van der Waals surface area contributed by atoms with Gasteiger partial charge in [-0.1, -0.05) is 39.5 Å². The minimum absolute atomic E-state index is 0.932. The zero-order chi connectivity index (χ0) is 8.55. The third-order valence-corrected chi connectivity index (χ3v) is 3.76.